The van der Waals surface area contributed by atoms with Gasteiger partial charge in [-0.3, -0.25) is 4.79 Å². The van der Waals surface area contributed by atoms with E-state index in [0.29, 0.717) is 12.3 Å². The molecule has 0 heterocycles. The van der Waals surface area contributed by atoms with Crippen LogP contribution in [-0.4, -0.2) is 49.8 Å². The van der Waals surface area contributed by atoms with Gasteiger partial charge in [-0.1, -0.05) is 98.8 Å². The van der Waals surface area contributed by atoms with E-state index in [1.807, 2.05) is 86.6 Å². The van der Waals surface area contributed by atoms with E-state index in [4.69, 9.17) is 9.47 Å². The average Bonchev–Trinajstić information content (AvgIpc) is 3.04. The Kier molecular flexibility index (Phi) is 13.4. The van der Waals surface area contributed by atoms with Crippen LogP contribution in [0.25, 0.3) is 0 Å². The van der Waals surface area contributed by atoms with Crippen molar-refractivity contribution in [3.8, 4) is 0 Å². The maximum atomic E-state index is 12.2. The van der Waals surface area contributed by atoms with Crippen LogP contribution in [0.15, 0.2) is 84.9 Å². The van der Waals surface area contributed by atoms with Gasteiger partial charge in [0.2, 0.25) is 0 Å². The van der Waals surface area contributed by atoms with E-state index in [-0.39, 0.29) is 12.1 Å². The fraction of sp³-hybridized carbons (Fsp3) is 0.500. The summed E-state index contributed by atoms with van der Waals surface area (Å²) in [5.41, 5.74) is 2.33. The molecule has 5 heteroatoms. The Morgan fingerprint density at radius 3 is 1.86 bits per heavy atom. The van der Waals surface area contributed by atoms with Crippen molar-refractivity contribution in [2.45, 2.75) is 83.3 Å². The van der Waals surface area contributed by atoms with Crippen LogP contribution in [0.5, 0.6) is 0 Å². The van der Waals surface area contributed by atoms with Crippen LogP contribution in [-0.2, 0) is 25.3 Å². The molecule has 0 bridgehead atoms. The Balaban J connectivity index is 1.45. The van der Waals surface area contributed by atoms with Crippen LogP contribution in [0, 0.1) is 5.92 Å². The van der Waals surface area contributed by atoms with E-state index in [1.165, 1.54) is 7.11 Å². The van der Waals surface area contributed by atoms with Gasteiger partial charge in [0, 0.05) is 7.11 Å². The Bertz CT molecular complexity index is 1170. The number of rotatable bonds is 18. The highest BCUT2D eigenvalue weighted by Crippen LogP contribution is 2.37. The predicted molar refractivity (Wildman–Crippen MR) is 176 cm³/mol. The molecule has 2 unspecified atom stereocenters. The van der Waals surface area contributed by atoms with Crippen molar-refractivity contribution in [3.63, 3.8) is 0 Å². The minimum absolute atomic E-state index is 0.0409. The average molecular weight is 588 g/mol. The molecule has 1 N–H and O–H groups in total. The molecule has 0 aromatic heterocycles. The molecule has 0 radical (unpaired) electrons. The van der Waals surface area contributed by atoms with Gasteiger partial charge >= 0.3 is 5.97 Å². The van der Waals surface area contributed by atoms with Gasteiger partial charge in [0.1, 0.15) is 5.60 Å². The fourth-order valence-corrected chi connectivity index (χ4v) is 6.10. The second-order valence-electron chi connectivity index (χ2n) is 12.4. The number of unbranched alkanes of at least 4 members (excludes halogenated alkanes) is 1. The van der Waals surface area contributed by atoms with Crippen molar-refractivity contribution in [2.24, 2.45) is 5.92 Å². The molecule has 2 atom stereocenters. The van der Waals surface area contributed by atoms with Crippen LogP contribution >= 0.6 is 0 Å². The van der Waals surface area contributed by atoms with Crippen molar-refractivity contribution in [2.75, 3.05) is 33.9 Å². The van der Waals surface area contributed by atoms with Gasteiger partial charge in [0.05, 0.1) is 18.6 Å². The molecule has 0 aliphatic rings. The van der Waals surface area contributed by atoms with Crippen LogP contribution in [0.1, 0.15) is 94.6 Å². The number of nitrogens with zero attached hydrogens (tertiary/aromatic N) is 1. The molecule has 0 saturated carbocycles. The van der Waals surface area contributed by atoms with Crippen molar-refractivity contribution < 1.29 is 19.4 Å². The molecule has 5 nitrogen and oxygen atoms in total. The molecular weight excluding hydrogens is 534 g/mol. The first-order valence-electron chi connectivity index (χ1n) is 15.9. The highest BCUT2D eigenvalue weighted by atomic mass is 16.5. The zero-order valence-electron chi connectivity index (χ0n) is 27.2. The SMILES string of the molecule is CCN(CCCCC(OC)c1ccc(C(C)(C)C(=O)OC)cc1)CCCC(C)CC(O)(c1ccccc1)c1ccccc1. The summed E-state index contributed by atoms with van der Waals surface area (Å²) in [6, 6.07) is 28.3. The smallest absolute Gasteiger partial charge is 0.315 e. The second kappa shape index (κ2) is 16.7. The van der Waals surface area contributed by atoms with E-state index in [0.717, 1.165) is 74.0 Å². The third kappa shape index (κ3) is 9.50. The summed E-state index contributed by atoms with van der Waals surface area (Å²) in [5.74, 6) is 0.149. The van der Waals surface area contributed by atoms with Gasteiger partial charge in [-0.25, -0.2) is 0 Å². The van der Waals surface area contributed by atoms with Gasteiger partial charge in [0.25, 0.3) is 0 Å². The van der Waals surface area contributed by atoms with Crippen LogP contribution in [0.3, 0.4) is 0 Å². The van der Waals surface area contributed by atoms with E-state index >= 15 is 0 Å². The standard InChI is InChI=1S/C38H53NO4/c1-7-39(27-15-14-22-35(42-5)31-23-25-32(26-24-31)37(3,4)36(40)43-6)28-16-17-30(2)29-38(41,33-18-10-8-11-19-33)34-20-12-9-13-21-34/h8-13,18-21,23-26,30,35,41H,7,14-17,22,27-29H2,1-6H3. The molecular formula is C38H53NO4. The van der Waals surface area contributed by atoms with Crippen LogP contribution in [0.2, 0.25) is 0 Å². The van der Waals surface area contributed by atoms with E-state index in [2.05, 4.69) is 30.9 Å². The summed E-state index contributed by atoms with van der Waals surface area (Å²) >= 11 is 0. The molecule has 0 amide bonds. The number of aliphatic hydroxyl groups is 1. The van der Waals surface area contributed by atoms with E-state index in [1.54, 1.807) is 7.11 Å². The van der Waals surface area contributed by atoms with Crippen molar-refractivity contribution in [1.82, 2.24) is 4.90 Å². The van der Waals surface area contributed by atoms with Crippen molar-refractivity contribution in [3.05, 3.63) is 107 Å². The molecule has 0 aliphatic carbocycles. The maximum Gasteiger partial charge on any atom is 0.315 e. The fourth-order valence-electron chi connectivity index (χ4n) is 6.10. The lowest BCUT2D eigenvalue weighted by molar-refractivity contribution is -0.146. The zero-order chi connectivity index (χ0) is 31.3. The molecule has 3 rings (SSSR count). The number of methoxy groups -OCH3 is 2. The normalized spacial score (nSPS) is 13.6. The minimum Gasteiger partial charge on any atom is -0.468 e. The maximum absolute atomic E-state index is 12.2. The second-order valence-corrected chi connectivity index (χ2v) is 12.4. The van der Waals surface area contributed by atoms with Crippen molar-refractivity contribution >= 4 is 5.97 Å². The lowest BCUT2D eigenvalue weighted by atomic mass is 9.78. The number of ether oxygens (including phenoxy) is 2. The molecule has 3 aromatic carbocycles. The van der Waals surface area contributed by atoms with Gasteiger partial charge in [-0.05, 0) is 100 Å². The van der Waals surface area contributed by atoms with Crippen LogP contribution < -0.4 is 0 Å². The topological polar surface area (TPSA) is 59.0 Å². The molecule has 0 saturated heterocycles. The number of carbonyl (C=O) groups is 1. The molecule has 0 aliphatic heterocycles. The van der Waals surface area contributed by atoms with Gasteiger partial charge in [0.15, 0.2) is 0 Å². The van der Waals surface area contributed by atoms with Gasteiger partial charge < -0.3 is 19.5 Å². The third-order valence-electron chi connectivity index (χ3n) is 8.94. The number of hydrogen-bond acceptors (Lipinski definition) is 5. The number of hydrogen-bond donors (Lipinski definition) is 1. The number of carbonyl (C=O) groups excluding carboxylic acids is 1. The molecule has 0 spiro atoms. The molecule has 3 aromatic rings. The monoisotopic (exact) mass is 587 g/mol. The minimum atomic E-state index is -0.984. The Labute approximate surface area is 260 Å². The first-order chi connectivity index (χ1) is 20.6. The summed E-state index contributed by atoms with van der Waals surface area (Å²) in [5, 5.41) is 11.9. The summed E-state index contributed by atoms with van der Waals surface area (Å²) < 4.78 is 10.8. The van der Waals surface area contributed by atoms with E-state index in [9.17, 15) is 9.90 Å². The molecule has 0 fully saturated rings. The van der Waals surface area contributed by atoms with Gasteiger partial charge in [-0.2, -0.15) is 0 Å². The highest BCUT2D eigenvalue weighted by molar-refractivity contribution is 5.82. The largest absolute Gasteiger partial charge is 0.468 e. The first-order valence-corrected chi connectivity index (χ1v) is 15.9. The molecule has 43 heavy (non-hydrogen) atoms. The van der Waals surface area contributed by atoms with E-state index < -0.39 is 11.0 Å². The summed E-state index contributed by atoms with van der Waals surface area (Å²) in [4.78, 5) is 14.7. The van der Waals surface area contributed by atoms with Gasteiger partial charge in [-0.15, -0.1) is 0 Å². The summed E-state index contributed by atoms with van der Waals surface area (Å²) in [7, 11) is 3.20. The summed E-state index contributed by atoms with van der Waals surface area (Å²) in [6.07, 6.45) is 6.10. The Morgan fingerprint density at radius 1 is 0.791 bits per heavy atom. The number of esters is 1. The van der Waals surface area contributed by atoms with Crippen LogP contribution in [0.4, 0.5) is 0 Å². The lowest BCUT2D eigenvalue weighted by Gasteiger charge is -2.32. The highest BCUT2D eigenvalue weighted by Gasteiger charge is 2.33. The third-order valence-corrected chi connectivity index (χ3v) is 8.94. The Hall–Kier alpha value is -2.99. The number of benzene rings is 3. The lowest BCUT2D eigenvalue weighted by Crippen LogP contribution is -2.30. The summed E-state index contributed by atoms with van der Waals surface area (Å²) in [6.45, 7) is 11.5. The van der Waals surface area contributed by atoms with Crippen molar-refractivity contribution in [1.29, 1.82) is 0 Å². The molecule has 234 valence electrons. The zero-order valence-corrected chi connectivity index (χ0v) is 27.2. The predicted octanol–water partition coefficient (Wildman–Crippen LogP) is 8.06. The first kappa shape index (κ1) is 34.5. The quantitative estimate of drug-likeness (QED) is 0.121. The Morgan fingerprint density at radius 2 is 1.35 bits per heavy atom.